The van der Waals surface area contributed by atoms with E-state index in [0.29, 0.717) is 5.69 Å². The van der Waals surface area contributed by atoms with Crippen LogP contribution in [0.5, 0.6) is 0 Å². The SMILES string of the molecule is Cc1cc(Nc2ccc(Nc3ccccc3)cc2)cc(-c2ccccc2)c1NF. The topological polar surface area (TPSA) is 36.1 Å². The summed E-state index contributed by atoms with van der Waals surface area (Å²) in [6, 6.07) is 31.8. The first kappa shape index (κ1) is 18.6. The molecule has 0 fully saturated rings. The van der Waals surface area contributed by atoms with E-state index >= 15 is 0 Å². The van der Waals surface area contributed by atoms with E-state index in [1.807, 2.05) is 110 Å². The lowest BCUT2D eigenvalue weighted by Gasteiger charge is -2.15. The van der Waals surface area contributed by atoms with E-state index in [1.54, 1.807) is 0 Å². The fourth-order valence-corrected chi connectivity index (χ4v) is 3.32. The molecule has 144 valence electrons. The van der Waals surface area contributed by atoms with Crippen molar-refractivity contribution in [2.24, 2.45) is 0 Å². The first-order valence-corrected chi connectivity index (χ1v) is 9.49. The lowest BCUT2D eigenvalue weighted by Crippen LogP contribution is -1.97. The molecule has 3 nitrogen and oxygen atoms in total. The number of benzene rings is 4. The zero-order valence-corrected chi connectivity index (χ0v) is 16.1. The van der Waals surface area contributed by atoms with Crippen molar-refractivity contribution in [1.29, 1.82) is 0 Å². The van der Waals surface area contributed by atoms with Gasteiger partial charge in [-0.05, 0) is 66.6 Å². The van der Waals surface area contributed by atoms with Crippen LogP contribution >= 0.6 is 0 Å². The molecule has 0 aliphatic rings. The van der Waals surface area contributed by atoms with Gasteiger partial charge in [0.1, 0.15) is 0 Å². The van der Waals surface area contributed by atoms with Crippen LogP contribution < -0.4 is 16.2 Å². The highest BCUT2D eigenvalue weighted by Crippen LogP contribution is 2.35. The summed E-state index contributed by atoms with van der Waals surface area (Å²) in [5.74, 6) is 0. The van der Waals surface area contributed by atoms with Gasteiger partial charge in [0.2, 0.25) is 0 Å². The summed E-state index contributed by atoms with van der Waals surface area (Å²) in [6.45, 7) is 1.90. The molecule has 4 aromatic carbocycles. The maximum Gasteiger partial charge on any atom is 0.0764 e. The summed E-state index contributed by atoms with van der Waals surface area (Å²) < 4.78 is 13.4. The van der Waals surface area contributed by atoms with E-state index in [2.05, 4.69) is 10.6 Å². The van der Waals surface area contributed by atoms with Crippen LogP contribution in [0.4, 0.5) is 32.9 Å². The average Bonchev–Trinajstić information content (AvgIpc) is 2.76. The van der Waals surface area contributed by atoms with E-state index in [0.717, 1.165) is 39.4 Å². The predicted octanol–water partition coefficient (Wildman–Crippen LogP) is 7.45. The molecule has 0 saturated heterocycles. The summed E-state index contributed by atoms with van der Waals surface area (Å²) in [5, 5.41) is 6.79. The molecule has 0 heterocycles. The number of rotatable bonds is 6. The van der Waals surface area contributed by atoms with Gasteiger partial charge in [-0.25, -0.2) is 5.54 Å². The number of nitrogens with one attached hydrogen (secondary N) is 3. The second kappa shape index (κ2) is 8.48. The molecule has 4 rings (SSSR count). The second-order valence-corrected chi connectivity index (χ2v) is 6.87. The molecule has 0 spiro atoms. The molecular formula is C25H22FN3. The van der Waals surface area contributed by atoms with Crippen LogP contribution in [-0.4, -0.2) is 0 Å². The highest BCUT2D eigenvalue weighted by atomic mass is 19.2. The molecule has 0 amide bonds. The fraction of sp³-hybridized carbons (Fsp3) is 0.0400. The van der Waals surface area contributed by atoms with Crippen molar-refractivity contribution in [1.82, 2.24) is 0 Å². The van der Waals surface area contributed by atoms with Crippen molar-refractivity contribution < 1.29 is 4.48 Å². The third kappa shape index (κ3) is 4.38. The van der Waals surface area contributed by atoms with Crippen molar-refractivity contribution in [2.45, 2.75) is 6.92 Å². The van der Waals surface area contributed by atoms with Crippen LogP contribution in [0.15, 0.2) is 97.1 Å². The summed E-state index contributed by atoms with van der Waals surface area (Å²) in [7, 11) is 0. The van der Waals surface area contributed by atoms with Crippen molar-refractivity contribution in [3.05, 3.63) is 103 Å². The molecule has 4 heteroatoms. The number of hydrogen-bond donors (Lipinski definition) is 3. The Morgan fingerprint density at radius 3 is 1.69 bits per heavy atom. The van der Waals surface area contributed by atoms with E-state index in [4.69, 9.17) is 0 Å². The quantitative estimate of drug-likeness (QED) is 0.303. The van der Waals surface area contributed by atoms with E-state index in [1.165, 1.54) is 0 Å². The molecule has 0 aliphatic carbocycles. The Balaban J connectivity index is 1.57. The van der Waals surface area contributed by atoms with Crippen LogP contribution in [-0.2, 0) is 0 Å². The Bertz CT molecular complexity index is 1080. The molecule has 0 saturated carbocycles. The number of halogens is 1. The van der Waals surface area contributed by atoms with Crippen LogP contribution in [0.2, 0.25) is 0 Å². The lowest BCUT2D eigenvalue weighted by atomic mass is 9.99. The number of hydrogen-bond acceptors (Lipinski definition) is 3. The summed E-state index contributed by atoms with van der Waals surface area (Å²) in [6.07, 6.45) is 0. The highest BCUT2D eigenvalue weighted by molar-refractivity contribution is 5.84. The molecule has 0 radical (unpaired) electrons. The predicted molar refractivity (Wildman–Crippen MR) is 121 cm³/mol. The minimum Gasteiger partial charge on any atom is -0.356 e. The van der Waals surface area contributed by atoms with Crippen molar-refractivity contribution >= 4 is 28.4 Å². The normalized spacial score (nSPS) is 10.4. The first-order chi connectivity index (χ1) is 14.2. The van der Waals surface area contributed by atoms with Gasteiger partial charge in [-0.2, -0.15) is 0 Å². The van der Waals surface area contributed by atoms with Crippen molar-refractivity contribution in [2.75, 3.05) is 16.2 Å². The molecule has 0 atom stereocenters. The van der Waals surface area contributed by atoms with Crippen LogP contribution in [0.3, 0.4) is 0 Å². The maximum absolute atomic E-state index is 13.4. The van der Waals surface area contributed by atoms with Gasteiger partial charge in [0, 0.05) is 28.3 Å². The van der Waals surface area contributed by atoms with Gasteiger partial charge in [0.05, 0.1) is 5.69 Å². The number of para-hydroxylation sites is 1. The van der Waals surface area contributed by atoms with Crippen molar-refractivity contribution in [3.63, 3.8) is 0 Å². The minimum atomic E-state index is 0.490. The van der Waals surface area contributed by atoms with Gasteiger partial charge >= 0.3 is 0 Å². The molecule has 0 aromatic heterocycles. The lowest BCUT2D eigenvalue weighted by molar-refractivity contribution is 0.617. The summed E-state index contributed by atoms with van der Waals surface area (Å²) in [5.41, 5.74) is 8.88. The zero-order chi connectivity index (χ0) is 20.1. The molecule has 3 N–H and O–H groups in total. The van der Waals surface area contributed by atoms with E-state index in [-0.39, 0.29) is 0 Å². The first-order valence-electron chi connectivity index (χ1n) is 9.49. The minimum absolute atomic E-state index is 0.490. The number of aryl methyl sites for hydroxylation is 1. The summed E-state index contributed by atoms with van der Waals surface area (Å²) in [4.78, 5) is 0. The molecule has 4 aromatic rings. The van der Waals surface area contributed by atoms with Crippen LogP contribution in [0.1, 0.15) is 5.56 Å². The summed E-state index contributed by atoms with van der Waals surface area (Å²) >= 11 is 0. The Morgan fingerprint density at radius 1 is 0.586 bits per heavy atom. The van der Waals surface area contributed by atoms with Crippen LogP contribution in [0, 0.1) is 6.92 Å². The Labute approximate surface area is 170 Å². The molecular weight excluding hydrogens is 361 g/mol. The molecule has 0 unspecified atom stereocenters. The van der Waals surface area contributed by atoms with Gasteiger partial charge in [0.25, 0.3) is 0 Å². The second-order valence-electron chi connectivity index (χ2n) is 6.87. The third-order valence-corrected chi connectivity index (χ3v) is 4.75. The fourth-order valence-electron chi connectivity index (χ4n) is 3.32. The van der Waals surface area contributed by atoms with Crippen molar-refractivity contribution in [3.8, 4) is 11.1 Å². The zero-order valence-electron chi connectivity index (χ0n) is 16.1. The highest BCUT2D eigenvalue weighted by Gasteiger charge is 2.10. The van der Waals surface area contributed by atoms with E-state index < -0.39 is 0 Å². The number of anilines is 5. The van der Waals surface area contributed by atoms with Gasteiger partial charge in [-0.15, -0.1) is 4.48 Å². The van der Waals surface area contributed by atoms with Gasteiger partial charge in [-0.3, -0.25) is 0 Å². The maximum atomic E-state index is 13.4. The largest absolute Gasteiger partial charge is 0.356 e. The Morgan fingerprint density at radius 2 is 1.10 bits per heavy atom. The van der Waals surface area contributed by atoms with Gasteiger partial charge in [0.15, 0.2) is 0 Å². The third-order valence-electron chi connectivity index (χ3n) is 4.75. The Hall–Kier alpha value is -3.79. The molecule has 0 aliphatic heterocycles. The smallest absolute Gasteiger partial charge is 0.0764 e. The Kier molecular flexibility index (Phi) is 5.43. The van der Waals surface area contributed by atoms with E-state index in [9.17, 15) is 4.48 Å². The monoisotopic (exact) mass is 383 g/mol. The van der Waals surface area contributed by atoms with Crippen LogP contribution in [0.25, 0.3) is 11.1 Å². The van der Waals surface area contributed by atoms with Gasteiger partial charge in [-0.1, -0.05) is 48.5 Å². The average molecular weight is 383 g/mol. The standard InChI is InChI=1S/C25H22FN3/c1-18-16-23(17-24(25(18)29-26)19-8-4-2-5-9-19)28-22-14-12-21(13-15-22)27-20-10-6-3-7-11-20/h2-17,27-29H,1H3. The molecule has 29 heavy (non-hydrogen) atoms. The molecule has 0 bridgehead atoms. The van der Waals surface area contributed by atoms with Gasteiger partial charge < -0.3 is 10.6 Å².